The predicted octanol–water partition coefficient (Wildman–Crippen LogP) is 5.49. The van der Waals surface area contributed by atoms with Gasteiger partial charge >= 0.3 is 0 Å². The molecule has 11 heteroatoms. The lowest BCUT2D eigenvalue weighted by atomic mass is 9.87. The Morgan fingerprint density at radius 2 is 1.56 bits per heavy atom. The molecule has 2 heterocycles. The molecule has 0 bridgehead atoms. The van der Waals surface area contributed by atoms with Gasteiger partial charge in [0.25, 0.3) is 10.0 Å². The Bertz CT molecular complexity index is 1480. The molecule has 0 saturated heterocycles. The third-order valence-electron chi connectivity index (χ3n) is 5.11. The Balaban J connectivity index is 1.77. The van der Waals surface area contributed by atoms with Gasteiger partial charge in [0.1, 0.15) is 11.5 Å². The molecule has 0 aliphatic heterocycles. The zero-order chi connectivity index (χ0) is 25.9. The minimum absolute atomic E-state index is 0.0272. The van der Waals surface area contributed by atoms with E-state index >= 15 is 0 Å². The quantitative estimate of drug-likeness (QED) is 0.315. The average molecular weight is 526 g/mol. The fourth-order valence-corrected chi connectivity index (χ4v) is 4.41. The molecule has 0 fully saturated rings. The molecule has 2 aromatic heterocycles. The predicted molar refractivity (Wildman–Crippen MR) is 137 cm³/mol. The lowest BCUT2D eigenvalue weighted by Crippen LogP contribution is -2.17. The second-order valence-corrected chi connectivity index (χ2v) is 10.8. The van der Waals surface area contributed by atoms with Crippen molar-refractivity contribution in [3.8, 4) is 28.9 Å². The molecular formula is C25H24ClN5O4S. The van der Waals surface area contributed by atoms with Crippen LogP contribution in [0.1, 0.15) is 26.3 Å². The van der Waals surface area contributed by atoms with Crippen LogP contribution in [0.5, 0.6) is 17.2 Å². The van der Waals surface area contributed by atoms with Crippen LogP contribution in [-0.2, 0) is 15.4 Å². The van der Waals surface area contributed by atoms with Crippen molar-refractivity contribution < 1.29 is 17.9 Å². The molecule has 0 amide bonds. The van der Waals surface area contributed by atoms with E-state index < -0.39 is 10.0 Å². The topological polar surface area (TPSA) is 116 Å². The molecule has 0 aliphatic carbocycles. The lowest BCUT2D eigenvalue weighted by molar-refractivity contribution is 0.409. The maximum Gasteiger partial charge on any atom is 0.263 e. The van der Waals surface area contributed by atoms with E-state index in [1.54, 1.807) is 42.5 Å². The number of nitrogens with one attached hydrogen (secondary N) is 1. The van der Waals surface area contributed by atoms with Crippen LogP contribution in [0, 0.1) is 0 Å². The first-order valence-corrected chi connectivity index (χ1v) is 12.7. The molecule has 0 aliphatic rings. The van der Waals surface area contributed by atoms with Crippen LogP contribution in [0.15, 0.2) is 71.9 Å². The summed E-state index contributed by atoms with van der Waals surface area (Å²) in [6, 6.07) is 15.0. The summed E-state index contributed by atoms with van der Waals surface area (Å²) in [4.78, 5) is 16.9. The molecule has 0 unspecified atom stereocenters. The maximum absolute atomic E-state index is 13.3. The number of anilines is 1. The summed E-state index contributed by atoms with van der Waals surface area (Å²) in [5.41, 5.74) is 0.871. The number of halogens is 1. The van der Waals surface area contributed by atoms with Crippen molar-refractivity contribution in [1.29, 1.82) is 0 Å². The molecule has 4 aromatic rings. The van der Waals surface area contributed by atoms with Gasteiger partial charge in [-0.25, -0.2) is 28.4 Å². The number of methoxy groups -OCH3 is 1. The van der Waals surface area contributed by atoms with Crippen LogP contribution in [-0.4, -0.2) is 35.5 Å². The standard InChI is InChI=1S/C25H24ClN5O4S/c1-25(2,3)16-9-11-19(12-10-16)36(32,33)31-22-20(35-18-8-5-7-17(15-18)34-4)21(26)29-24(30-22)23-27-13-6-14-28-23/h5-15H,1-4H3,(H,29,30,31). The van der Waals surface area contributed by atoms with Crippen LogP contribution in [0.2, 0.25) is 5.15 Å². The molecule has 1 N–H and O–H groups in total. The van der Waals surface area contributed by atoms with Crippen molar-refractivity contribution in [2.24, 2.45) is 0 Å². The Morgan fingerprint density at radius 1 is 0.889 bits per heavy atom. The fraction of sp³-hybridized carbons (Fsp3) is 0.200. The third kappa shape index (κ3) is 5.72. The van der Waals surface area contributed by atoms with Crippen LogP contribution < -0.4 is 14.2 Å². The van der Waals surface area contributed by atoms with Gasteiger partial charge in [-0.15, -0.1) is 0 Å². The monoisotopic (exact) mass is 525 g/mol. The molecule has 0 atom stereocenters. The van der Waals surface area contributed by atoms with Crippen molar-refractivity contribution in [3.63, 3.8) is 0 Å². The number of aromatic nitrogens is 4. The normalized spacial score (nSPS) is 11.7. The molecule has 0 spiro atoms. The van der Waals surface area contributed by atoms with Gasteiger partial charge in [0.2, 0.25) is 11.6 Å². The molecule has 186 valence electrons. The molecule has 36 heavy (non-hydrogen) atoms. The van der Waals surface area contributed by atoms with Crippen molar-refractivity contribution in [2.75, 3.05) is 11.8 Å². The zero-order valence-electron chi connectivity index (χ0n) is 20.1. The van der Waals surface area contributed by atoms with Gasteiger partial charge in [-0.3, -0.25) is 4.72 Å². The molecule has 4 rings (SSSR count). The highest BCUT2D eigenvalue weighted by molar-refractivity contribution is 7.92. The van der Waals surface area contributed by atoms with E-state index in [1.807, 2.05) is 20.8 Å². The van der Waals surface area contributed by atoms with E-state index in [0.29, 0.717) is 11.5 Å². The Hall–Kier alpha value is -3.76. The summed E-state index contributed by atoms with van der Waals surface area (Å²) in [5.74, 6) is 0.833. The second-order valence-electron chi connectivity index (χ2n) is 8.75. The number of rotatable bonds is 7. The minimum Gasteiger partial charge on any atom is -0.497 e. The van der Waals surface area contributed by atoms with Gasteiger partial charge in [0.15, 0.2) is 16.8 Å². The number of nitrogens with zero attached hydrogens (tertiary/aromatic N) is 4. The van der Waals surface area contributed by atoms with Gasteiger partial charge in [0, 0.05) is 18.5 Å². The van der Waals surface area contributed by atoms with E-state index in [1.165, 1.54) is 31.6 Å². The molecular weight excluding hydrogens is 502 g/mol. The highest BCUT2D eigenvalue weighted by atomic mass is 35.5. The van der Waals surface area contributed by atoms with E-state index in [9.17, 15) is 8.42 Å². The second kappa shape index (κ2) is 10.1. The van der Waals surface area contributed by atoms with Crippen molar-refractivity contribution in [1.82, 2.24) is 19.9 Å². The number of benzene rings is 2. The van der Waals surface area contributed by atoms with Crippen molar-refractivity contribution in [3.05, 3.63) is 77.7 Å². The minimum atomic E-state index is -4.06. The maximum atomic E-state index is 13.3. The van der Waals surface area contributed by atoms with Gasteiger partial charge in [-0.05, 0) is 41.3 Å². The SMILES string of the molecule is COc1cccc(Oc2c(Cl)nc(-c3ncccn3)nc2NS(=O)(=O)c2ccc(C(C)(C)C)cc2)c1. The number of ether oxygens (including phenoxy) is 2. The van der Waals surface area contributed by atoms with E-state index in [0.717, 1.165) is 5.56 Å². The van der Waals surface area contributed by atoms with Gasteiger partial charge in [-0.2, -0.15) is 0 Å². The highest BCUT2D eigenvalue weighted by Crippen LogP contribution is 2.37. The highest BCUT2D eigenvalue weighted by Gasteiger charge is 2.24. The lowest BCUT2D eigenvalue weighted by Gasteiger charge is -2.19. The summed E-state index contributed by atoms with van der Waals surface area (Å²) in [7, 11) is -2.54. The van der Waals surface area contributed by atoms with Crippen molar-refractivity contribution in [2.45, 2.75) is 31.1 Å². The smallest absolute Gasteiger partial charge is 0.263 e. The molecule has 0 radical (unpaired) electrons. The fourth-order valence-electron chi connectivity index (χ4n) is 3.20. The summed E-state index contributed by atoms with van der Waals surface area (Å²) in [6.45, 7) is 6.15. The first kappa shape index (κ1) is 25.3. The van der Waals surface area contributed by atoms with Crippen LogP contribution in [0.4, 0.5) is 5.82 Å². The van der Waals surface area contributed by atoms with Crippen molar-refractivity contribution >= 4 is 27.4 Å². The number of sulfonamides is 1. The molecule has 2 aromatic carbocycles. The zero-order valence-corrected chi connectivity index (χ0v) is 21.6. The largest absolute Gasteiger partial charge is 0.497 e. The number of hydrogen-bond donors (Lipinski definition) is 1. The Labute approximate surface area is 214 Å². The average Bonchev–Trinajstić information content (AvgIpc) is 2.86. The molecule has 0 saturated carbocycles. The Kier molecular flexibility index (Phi) is 7.09. The summed E-state index contributed by atoms with van der Waals surface area (Å²) >= 11 is 6.46. The van der Waals surface area contributed by atoms with E-state index in [-0.39, 0.29) is 38.7 Å². The van der Waals surface area contributed by atoms with E-state index in [4.69, 9.17) is 21.1 Å². The van der Waals surface area contributed by atoms with E-state index in [2.05, 4.69) is 24.7 Å². The molecule has 9 nitrogen and oxygen atoms in total. The van der Waals surface area contributed by atoms with Crippen LogP contribution in [0.3, 0.4) is 0 Å². The third-order valence-corrected chi connectivity index (χ3v) is 6.72. The first-order chi connectivity index (χ1) is 17.1. The van der Waals surface area contributed by atoms with Gasteiger partial charge in [0.05, 0.1) is 12.0 Å². The summed E-state index contributed by atoms with van der Waals surface area (Å²) in [6.07, 6.45) is 3.03. The first-order valence-electron chi connectivity index (χ1n) is 10.9. The van der Waals surface area contributed by atoms with Crippen LogP contribution in [0.25, 0.3) is 11.6 Å². The summed E-state index contributed by atoms with van der Waals surface area (Å²) in [5, 5.41) is -0.129. The Morgan fingerprint density at radius 3 is 2.19 bits per heavy atom. The van der Waals surface area contributed by atoms with Gasteiger partial charge in [-0.1, -0.05) is 50.6 Å². The van der Waals surface area contributed by atoms with Gasteiger partial charge < -0.3 is 9.47 Å². The summed E-state index contributed by atoms with van der Waals surface area (Å²) < 4.78 is 40.2. The number of hydrogen-bond acceptors (Lipinski definition) is 8. The van der Waals surface area contributed by atoms with Crippen LogP contribution >= 0.6 is 11.6 Å².